The van der Waals surface area contributed by atoms with E-state index in [4.69, 9.17) is 0 Å². The zero-order valence-electron chi connectivity index (χ0n) is 18.8. The Labute approximate surface area is 195 Å². The molecule has 2 aliphatic rings. The fraction of sp³-hybridized carbons (Fsp3) is 0.370. The highest BCUT2D eigenvalue weighted by Gasteiger charge is 2.34. The van der Waals surface area contributed by atoms with E-state index in [1.807, 2.05) is 58.0 Å². The number of hydrogen-bond acceptors (Lipinski definition) is 4. The third-order valence-corrected chi connectivity index (χ3v) is 6.80. The van der Waals surface area contributed by atoms with Gasteiger partial charge in [0, 0.05) is 31.2 Å². The Morgan fingerprint density at radius 3 is 2.61 bits per heavy atom. The van der Waals surface area contributed by atoms with Gasteiger partial charge in [-0.25, -0.2) is 4.98 Å². The van der Waals surface area contributed by atoms with Crippen LogP contribution < -0.4 is 5.32 Å². The molecule has 33 heavy (non-hydrogen) atoms. The summed E-state index contributed by atoms with van der Waals surface area (Å²) in [5, 5.41) is 14.2. The normalized spacial score (nSPS) is 23.4. The summed E-state index contributed by atoms with van der Waals surface area (Å²) < 4.78 is 2.00. The van der Waals surface area contributed by atoms with E-state index in [2.05, 4.69) is 28.9 Å². The Morgan fingerprint density at radius 2 is 1.85 bits per heavy atom. The Hall–Kier alpha value is -2.96. The number of nitrogens with zero attached hydrogens (tertiary/aromatic N) is 3. The molecule has 1 aliphatic carbocycles. The predicted octanol–water partition coefficient (Wildman–Crippen LogP) is 3.50. The van der Waals surface area contributed by atoms with Gasteiger partial charge in [-0.2, -0.15) is 0 Å². The van der Waals surface area contributed by atoms with Crippen molar-refractivity contribution in [3.63, 3.8) is 0 Å². The monoisotopic (exact) mass is 443 g/mol. The molecule has 5 rings (SSSR count). The maximum absolute atomic E-state index is 13.9. The van der Waals surface area contributed by atoms with E-state index in [9.17, 15) is 9.90 Å². The third kappa shape index (κ3) is 4.59. The molecule has 2 N–H and O–H groups in total. The standard InChI is InChI=1S/C27H31N4O2/c32-24-14-8-7-13-23(24)31-19-29-25(26(31)21-11-5-2-6-12-21)27(33)30-16-15-28-18-22(30)17-20-9-3-1-4-10-20/h1-6,9-13,19,22-24,28,32H,7-8,14-18H2/t22-,23?,24?/m1/s1. The number of rotatable bonds is 5. The average Bonchev–Trinajstić information content (AvgIpc) is 3.30. The van der Waals surface area contributed by atoms with Crippen molar-refractivity contribution in [3.8, 4) is 11.3 Å². The second-order valence-corrected chi connectivity index (χ2v) is 8.99. The summed E-state index contributed by atoms with van der Waals surface area (Å²) in [5.74, 6) is -0.0414. The molecule has 1 radical (unpaired) electrons. The Kier molecular flexibility index (Phi) is 6.55. The van der Waals surface area contributed by atoms with Crippen LogP contribution in [0.4, 0.5) is 0 Å². The van der Waals surface area contributed by atoms with Crippen LogP contribution in [-0.4, -0.2) is 57.2 Å². The number of aromatic nitrogens is 2. The van der Waals surface area contributed by atoms with E-state index in [1.165, 1.54) is 5.56 Å². The number of hydrogen-bond donors (Lipinski definition) is 2. The number of piperazine rings is 1. The number of carbonyl (C=O) groups excluding carboxylic acids is 1. The Bertz CT molecular complexity index is 1070. The Balaban J connectivity index is 1.50. The van der Waals surface area contributed by atoms with Gasteiger partial charge in [0.2, 0.25) is 0 Å². The number of benzene rings is 2. The topological polar surface area (TPSA) is 70.4 Å². The fourth-order valence-electron chi connectivity index (χ4n) is 5.10. The molecular formula is C27H31N4O2. The number of carbonyl (C=O) groups is 1. The molecule has 6 nitrogen and oxygen atoms in total. The van der Waals surface area contributed by atoms with E-state index >= 15 is 0 Å². The first-order chi connectivity index (χ1) is 16.2. The van der Waals surface area contributed by atoms with Crippen LogP contribution in [0, 0.1) is 6.42 Å². The summed E-state index contributed by atoms with van der Waals surface area (Å²) in [6.07, 6.45) is 6.92. The minimum absolute atomic E-state index is 0.0414. The molecule has 1 amide bonds. The van der Waals surface area contributed by atoms with Gasteiger partial charge in [0.05, 0.1) is 24.2 Å². The lowest BCUT2D eigenvalue weighted by molar-refractivity contribution is 0.0630. The van der Waals surface area contributed by atoms with Crippen LogP contribution in [0.15, 0.2) is 67.0 Å². The van der Waals surface area contributed by atoms with Gasteiger partial charge in [0.15, 0.2) is 5.69 Å². The van der Waals surface area contributed by atoms with Gasteiger partial charge >= 0.3 is 0 Å². The second kappa shape index (κ2) is 9.89. The quantitative estimate of drug-likeness (QED) is 0.633. The zero-order valence-corrected chi connectivity index (χ0v) is 18.8. The summed E-state index contributed by atoms with van der Waals surface area (Å²) in [7, 11) is 0. The molecule has 0 spiro atoms. The predicted molar refractivity (Wildman–Crippen MR) is 129 cm³/mol. The highest BCUT2D eigenvalue weighted by Crippen LogP contribution is 2.34. The van der Waals surface area contributed by atoms with Gasteiger partial charge in [0.1, 0.15) is 0 Å². The van der Waals surface area contributed by atoms with E-state index in [0.717, 1.165) is 50.0 Å². The number of aliphatic hydroxyl groups excluding tert-OH is 1. The first-order valence-electron chi connectivity index (χ1n) is 11.9. The molecule has 2 fully saturated rings. The molecule has 6 heteroatoms. The van der Waals surface area contributed by atoms with Crippen LogP contribution >= 0.6 is 0 Å². The van der Waals surface area contributed by atoms with Crippen molar-refractivity contribution in [3.05, 3.63) is 84.7 Å². The van der Waals surface area contributed by atoms with Crippen molar-refractivity contribution in [1.29, 1.82) is 0 Å². The molecule has 1 aromatic heterocycles. The average molecular weight is 444 g/mol. The van der Waals surface area contributed by atoms with Crippen molar-refractivity contribution in [2.24, 2.45) is 0 Å². The molecule has 2 heterocycles. The first kappa shape index (κ1) is 21.9. The fourth-order valence-corrected chi connectivity index (χ4v) is 5.10. The van der Waals surface area contributed by atoms with Crippen LogP contribution in [0.5, 0.6) is 0 Å². The third-order valence-electron chi connectivity index (χ3n) is 6.80. The van der Waals surface area contributed by atoms with Crippen molar-refractivity contribution in [2.75, 3.05) is 19.6 Å². The summed E-state index contributed by atoms with van der Waals surface area (Å²) in [5.41, 5.74) is 3.42. The molecule has 2 aromatic carbocycles. The maximum Gasteiger partial charge on any atom is 0.275 e. The van der Waals surface area contributed by atoms with E-state index in [-0.39, 0.29) is 18.0 Å². The lowest BCUT2D eigenvalue weighted by Crippen LogP contribution is -2.54. The molecule has 3 atom stereocenters. The minimum atomic E-state index is -0.469. The zero-order chi connectivity index (χ0) is 22.6. The van der Waals surface area contributed by atoms with Gasteiger partial charge in [-0.15, -0.1) is 0 Å². The van der Waals surface area contributed by atoms with E-state index in [0.29, 0.717) is 12.2 Å². The number of nitrogens with one attached hydrogen (secondary N) is 1. The number of aliphatic hydroxyl groups is 1. The summed E-state index contributed by atoms with van der Waals surface area (Å²) >= 11 is 0. The van der Waals surface area contributed by atoms with Crippen LogP contribution in [0.3, 0.4) is 0 Å². The van der Waals surface area contributed by atoms with Gasteiger partial charge in [-0.3, -0.25) is 4.79 Å². The molecule has 171 valence electrons. The smallest absolute Gasteiger partial charge is 0.275 e. The molecule has 1 aliphatic heterocycles. The largest absolute Gasteiger partial charge is 0.391 e. The van der Waals surface area contributed by atoms with Gasteiger partial charge in [-0.1, -0.05) is 67.1 Å². The first-order valence-corrected chi connectivity index (χ1v) is 11.9. The number of imidazole rings is 1. The van der Waals surface area contributed by atoms with Crippen LogP contribution in [0.1, 0.15) is 41.4 Å². The molecule has 3 aromatic rings. The second-order valence-electron chi connectivity index (χ2n) is 8.99. The molecule has 1 saturated carbocycles. The maximum atomic E-state index is 13.9. The highest BCUT2D eigenvalue weighted by molar-refractivity contribution is 5.98. The number of amides is 1. The minimum Gasteiger partial charge on any atom is -0.391 e. The van der Waals surface area contributed by atoms with E-state index < -0.39 is 6.10 Å². The van der Waals surface area contributed by atoms with Crippen molar-refractivity contribution < 1.29 is 9.90 Å². The van der Waals surface area contributed by atoms with Gasteiger partial charge in [0.25, 0.3) is 5.91 Å². The highest BCUT2D eigenvalue weighted by atomic mass is 16.3. The van der Waals surface area contributed by atoms with E-state index in [1.54, 1.807) is 6.33 Å². The summed E-state index contributed by atoms with van der Waals surface area (Å²) in [6.45, 7) is 2.18. The lowest BCUT2D eigenvalue weighted by atomic mass is 9.92. The van der Waals surface area contributed by atoms with Crippen LogP contribution in [0.25, 0.3) is 11.3 Å². The van der Waals surface area contributed by atoms with Gasteiger partial charge in [-0.05, 0) is 31.2 Å². The molecule has 2 unspecified atom stereocenters. The summed E-state index contributed by atoms with van der Waals surface area (Å²) in [6, 6.07) is 20.2. The van der Waals surface area contributed by atoms with Crippen molar-refractivity contribution >= 4 is 5.91 Å². The lowest BCUT2D eigenvalue weighted by Gasteiger charge is -2.36. The summed E-state index contributed by atoms with van der Waals surface area (Å²) in [4.78, 5) is 20.5. The SMILES string of the molecule is O=C(c1ncn(C2[CH]CCCC2O)c1-c1ccccc1)N1CCNC[C@H]1Cc1ccccc1. The van der Waals surface area contributed by atoms with Crippen molar-refractivity contribution in [2.45, 2.75) is 43.9 Å². The van der Waals surface area contributed by atoms with Crippen molar-refractivity contribution in [1.82, 2.24) is 19.8 Å². The van der Waals surface area contributed by atoms with Gasteiger partial charge < -0.3 is 19.9 Å². The molecule has 0 bridgehead atoms. The van der Waals surface area contributed by atoms with Crippen LogP contribution in [-0.2, 0) is 6.42 Å². The Morgan fingerprint density at radius 1 is 1.09 bits per heavy atom. The van der Waals surface area contributed by atoms with Crippen LogP contribution in [0.2, 0.25) is 0 Å². The molecular weight excluding hydrogens is 412 g/mol. The molecule has 1 saturated heterocycles.